The molecule has 0 radical (unpaired) electrons. The number of carbonyl (C=O) groups is 1. The maximum atomic E-state index is 11.6. The van der Waals surface area contributed by atoms with Crippen LogP contribution in [0, 0.1) is 34.5 Å². The number of aliphatic carboxylic acids is 1. The Hall–Kier alpha value is -0.530. The second-order valence-corrected chi connectivity index (χ2v) is 8.27. The van der Waals surface area contributed by atoms with Crippen LogP contribution in [0.1, 0.15) is 65.7 Å². The van der Waals surface area contributed by atoms with E-state index in [0.717, 1.165) is 5.92 Å². The molecular formula is C17H28O2. The molecule has 0 aromatic rings. The number of rotatable bonds is 4. The molecule has 1 N–H and O–H groups in total. The molecule has 4 bridgehead atoms. The van der Waals surface area contributed by atoms with Gasteiger partial charge in [0.1, 0.15) is 0 Å². The molecule has 2 heteroatoms. The van der Waals surface area contributed by atoms with E-state index in [1.165, 1.54) is 44.9 Å². The maximum Gasteiger partial charge on any atom is 0.309 e. The minimum Gasteiger partial charge on any atom is -0.481 e. The van der Waals surface area contributed by atoms with Crippen molar-refractivity contribution in [3.05, 3.63) is 0 Å². The van der Waals surface area contributed by atoms with Crippen molar-refractivity contribution in [2.24, 2.45) is 34.5 Å². The fourth-order valence-electron chi connectivity index (χ4n) is 6.35. The fourth-order valence-corrected chi connectivity index (χ4v) is 6.35. The van der Waals surface area contributed by atoms with E-state index in [1.54, 1.807) is 0 Å². The first kappa shape index (κ1) is 13.5. The second kappa shape index (κ2) is 4.23. The predicted octanol–water partition coefficient (Wildman–Crippen LogP) is 4.34. The zero-order valence-electron chi connectivity index (χ0n) is 12.6. The molecule has 0 saturated heterocycles. The molecule has 19 heavy (non-hydrogen) atoms. The Morgan fingerprint density at radius 3 is 2.26 bits per heavy atom. The first-order valence-electron chi connectivity index (χ1n) is 8.11. The molecule has 2 unspecified atom stereocenters. The Bertz CT molecular complexity index is 369. The molecule has 0 amide bonds. The van der Waals surface area contributed by atoms with Gasteiger partial charge < -0.3 is 5.11 Å². The lowest BCUT2D eigenvalue weighted by Gasteiger charge is -2.62. The van der Waals surface area contributed by atoms with Crippen molar-refractivity contribution >= 4 is 5.97 Å². The summed E-state index contributed by atoms with van der Waals surface area (Å²) in [6.45, 7) is 6.24. The third kappa shape index (κ3) is 1.94. The van der Waals surface area contributed by atoms with Crippen LogP contribution in [-0.2, 0) is 4.79 Å². The van der Waals surface area contributed by atoms with Crippen LogP contribution in [-0.4, -0.2) is 11.1 Å². The SMILES string of the molecule is CCCC12CC3CC(C1)C(C(C)(C)C(=O)O)C(C3)C2. The number of hydrogen-bond acceptors (Lipinski definition) is 1. The summed E-state index contributed by atoms with van der Waals surface area (Å²) in [5.74, 6) is 2.11. The van der Waals surface area contributed by atoms with Crippen molar-refractivity contribution < 1.29 is 9.90 Å². The lowest BCUT2D eigenvalue weighted by molar-refractivity contribution is -0.171. The third-order valence-corrected chi connectivity index (χ3v) is 6.56. The average Bonchev–Trinajstić information content (AvgIpc) is 2.26. The van der Waals surface area contributed by atoms with E-state index in [9.17, 15) is 9.90 Å². The number of carboxylic acid groups (broad SMARTS) is 1. The average molecular weight is 264 g/mol. The predicted molar refractivity (Wildman–Crippen MR) is 75.8 cm³/mol. The largest absolute Gasteiger partial charge is 0.481 e. The van der Waals surface area contributed by atoms with Crippen LogP contribution < -0.4 is 0 Å². The standard InChI is InChI=1S/C17H28O2/c1-4-5-17-8-11-6-12(9-17)14(13(7-11)10-17)16(2,3)15(18)19/h11-14H,4-10H2,1-3H3,(H,18,19). The first-order chi connectivity index (χ1) is 8.88. The van der Waals surface area contributed by atoms with Gasteiger partial charge in [0.2, 0.25) is 0 Å². The van der Waals surface area contributed by atoms with Gasteiger partial charge in [0, 0.05) is 0 Å². The van der Waals surface area contributed by atoms with Crippen LogP contribution in [0.5, 0.6) is 0 Å². The zero-order valence-corrected chi connectivity index (χ0v) is 12.6. The van der Waals surface area contributed by atoms with Crippen LogP contribution in [0.4, 0.5) is 0 Å². The third-order valence-electron chi connectivity index (χ3n) is 6.56. The summed E-state index contributed by atoms with van der Waals surface area (Å²) in [6.07, 6.45) is 9.35. The highest BCUT2D eigenvalue weighted by Crippen LogP contribution is 2.66. The van der Waals surface area contributed by atoms with Gasteiger partial charge in [-0.1, -0.05) is 13.3 Å². The normalized spacial score (nSPS) is 44.6. The van der Waals surface area contributed by atoms with Crippen molar-refractivity contribution in [3.8, 4) is 0 Å². The quantitative estimate of drug-likeness (QED) is 0.820. The summed E-state index contributed by atoms with van der Waals surface area (Å²) in [7, 11) is 0. The van der Waals surface area contributed by atoms with Crippen molar-refractivity contribution in [3.63, 3.8) is 0 Å². The van der Waals surface area contributed by atoms with E-state index >= 15 is 0 Å². The molecule has 4 aliphatic rings. The van der Waals surface area contributed by atoms with Gasteiger partial charge in [0.25, 0.3) is 0 Å². The van der Waals surface area contributed by atoms with Crippen molar-refractivity contribution in [2.75, 3.05) is 0 Å². The van der Waals surface area contributed by atoms with Gasteiger partial charge in [-0.05, 0) is 81.5 Å². The van der Waals surface area contributed by atoms with E-state index in [0.29, 0.717) is 23.2 Å². The fraction of sp³-hybridized carbons (Fsp3) is 0.941. The monoisotopic (exact) mass is 264 g/mol. The van der Waals surface area contributed by atoms with Gasteiger partial charge in [0.05, 0.1) is 5.41 Å². The molecule has 2 atom stereocenters. The van der Waals surface area contributed by atoms with E-state index in [2.05, 4.69) is 6.92 Å². The summed E-state index contributed by atoms with van der Waals surface area (Å²) in [6, 6.07) is 0. The summed E-state index contributed by atoms with van der Waals surface area (Å²) in [4.78, 5) is 11.6. The van der Waals surface area contributed by atoms with Crippen molar-refractivity contribution in [1.82, 2.24) is 0 Å². The van der Waals surface area contributed by atoms with Crippen molar-refractivity contribution in [1.29, 1.82) is 0 Å². The van der Waals surface area contributed by atoms with E-state index < -0.39 is 11.4 Å². The van der Waals surface area contributed by atoms with Crippen LogP contribution in [0.25, 0.3) is 0 Å². The topological polar surface area (TPSA) is 37.3 Å². The highest BCUT2D eigenvalue weighted by molar-refractivity contribution is 5.74. The summed E-state index contributed by atoms with van der Waals surface area (Å²) in [5, 5.41) is 9.59. The Labute approximate surface area is 117 Å². The number of carboxylic acids is 1. The van der Waals surface area contributed by atoms with Crippen molar-refractivity contribution in [2.45, 2.75) is 65.7 Å². The van der Waals surface area contributed by atoms with Crippen LogP contribution >= 0.6 is 0 Å². The minimum atomic E-state index is -0.588. The van der Waals surface area contributed by atoms with Crippen LogP contribution in [0.3, 0.4) is 0 Å². The smallest absolute Gasteiger partial charge is 0.309 e. The molecule has 0 spiro atoms. The van der Waals surface area contributed by atoms with E-state index in [-0.39, 0.29) is 0 Å². The molecule has 0 heterocycles. The molecule has 4 aliphatic carbocycles. The van der Waals surface area contributed by atoms with Gasteiger partial charge in [-0.2, -0.15) is 0 Å². The minimum absolute atomic E-state index is 0.423. The summed E-state index contributed by atoms with van der Waals surface area (Å²) in [5.41, 5.74) is 0.0619. The van der Waals surface area contributed by atoms with E-state index in [4.69, 9.17) is 0 Å². The second-order valence-electron chi connectivity index (χ2n) is 8.27. The Morgan fingerprint density at radius 2 is 1.79 bits per heavy atom. The Kier molecular flexibility index (Phi) is 3.00. The Morgan fingerprint density at radius 1 is 1.21 bits per heavy atom. The Balaban J connectivity index is 1.88. The summed E-state index contributed by atoms with van der Waals surface area (Å²) >= 11 is 0. The highest BCUT2D eigenvalue weighted by atomic mass is 16.4. The molecule has 4 fully saturated rings. The number of hydrogen-bond donors (Lipinski definition) is 1. The highest BCUT2D eigenvalue weighted by Gasteiger charge is 2.59. The van der Waals surface area contributed by atoms with Crippen LogP contribution in [0.15, 0.2) is 0 Å². The molecule has 108 valence electrons. The van der Waals surface area contributed by atoms with E-state index in [1.807, 2.05) is 13.8 Å². The van der Waals surface area contributed by atoms with Gasteiger partial charge in [-0.15, -0.1) is 0 Å². The first-order valence-corrected chi connectivity index (χ1v) is 8.11. The lowest BCUT2D eigenvalue weighted by Crippen LogP contribution is -2.56. The molecule has 4 rings (SSSR count). The lowest BCUT2D eigenvalue weighted by atomic mass is 9.42. The van der Waals surface area contributed by atoms with Crippen LogP contribution in [0.2, 0.25) is 0 Å². The summed E-state index contributed by atoms with van der Waals surface area (Å²) < 4.78 is 0. The molecule has 0 aromatic carbocycles. The van der Waals surface area contributed by atoms with Gasteiger partial charge in [-0.3, -0.25) is 4.79 Å². The van der Waals surface area contributed by atoms with Gasteiger partial charge in [0.15, 0.2) is 0 Å². The molecule has 4 saturated carbocycles. The molecule has 0 aromatic heterocycles. The molecule has 0 aliphatic heterocycles. The van der Waals surface area contributed by atoms with Gasteiger partial charge >= 0.3 is 5.97 Å². The molecular weight excluding hydrogens is 236 g/mol. The molecule has 2 nitrogen and oxygen atoms in total. The maximum absolute atomic E-state index is 11.6. The van der Waals surface area contributed by atoms with Gasteiger partial charge in [-0.25, -0.2) is 0 Å². The zero-order chi connectivity index (χ0) is 13.8.